The highest BCUT2D eigenvalue weighted by Crippen LogP contribution is 2.20. The number of hydrogen-bond acceptors (Lipinski definition) is 4. The Morgan fingerprint density at radius 3 is 2.61 bits per heavy atom. The molecular formula is C12H20N4OS. The van der Waals surface area contributed by atoms with Gasteiger partial charge in [0.25, 0.3) is 0 Å². The lowest BCUT2D eigenvalue weighted by Crippen LogP contribution is -2.42. The van der Waals surface area contributed by atoms with E-state index in [0.717, 1.165) is 24.7 Å². The molecule has 1 amide bonds. The molecule has 0 aliphatic carbocycles. The van der Waals surface area contributed by atoms with E-state index in [2.05, 4.69) is 28.6 Å². The molecule has 1 aliphatic heterocycles. The Morgan fingerprint density at radius 1 is 1.28 bits per heavy atom. The molecule has 5 nitrogen and oxygen atoms in total. The zero-order valence-electron chi connectivity index (χ0n) is 11.4. The zero-order chi connectivity index (χ0) is 13.3. The first kappa shape index (κ1) is 13.4. The van der Waals surface area contributed by atoms with Gasteiger partial charge in [-0.1, -0.05) is 13.8 Å². The van der Waals surface area contributed by atoms with Crippen molar-refractivity contribution in [2.75, 3.05) is 12.8 Å². The van der Waals surface area contributed by atoms with E-state index in [1.807, 2.05) is 18.1 Å². The highest BCUT2D eigenvalue weighted by molar-refractivity contribution is 7.99. The second kappa shape index (κ2) is 5.30. The van der Waals surface area contributed by atoms with E-state index in [0.29, 0.717) is 12.5 Å². The number of hydrogen-bond donors (Lipinski definition) is 0. The average Bonchev–Trinajstić information content (AvgIpc) is 2.79. The maximum atomic E-state index is 12.1. The minimum absolute atomic E-state index is 0.0176. The van der Waals surface area contributed by atoms with Crippen LogP contribution >= 0.6 is 11.8 Å². The SMILES string of the molecule is CSC(C)C(=O)N1CCn2c(nnc2C(C)C)C1. The molecule has 0 bridgehead atoms. The smallest absolute Gasteiger partial charge is 0.235 e. The number of amides is 1. The van der Waals surface area contributed by atoms with Crippen LogP contribution in [-0.4, -0.2) is 43.6 Å². The molecule has 0 saturated heterocycles. The molecule has 2 heterocycles. The molecule has 0 radical (unpaired) electrons. The summed E-state index contributed by atoms with van der Waals surface area (Å²) < 4.78 is 2.15. The van der Waals surface area contributed by atoms with Gasteiger partial charge in [-0.15, -0.1) is 10.2 Å². The lowest BCUT2D eigenvalue weighted by molar-refractivity contribution is -0.131. The zero-order valence-corrected chi connectivity index (χ0v) is 12.2. The Morgan fingerprint density at radius 2 is 2.00 bits per heavy atom. The van der Waals surface area contributed by atoms with Crippen molar-refractivity contribution in [3.8, 4) is 0 Å². The molecule has 1 atom stereocenters. The summed E-state index contributed by atoms with van der Waals surface area (Å²) in [5.74, 6) is 2.50. The van der Waals surface area contributed by atoms with Crippen LogP contribution in [0.1, 0.15) is 38.3 Å². The van der Waals surface area contributed by atoms with Crippen molar-refractivity contribution in [1.82, 2.24) is 19.7 Å². The minimum Gasteiger partial charge on any atom is -0.332 e. The van der Waals surface area contributed by atoms with Crippen LogP contribution in [0.4, 0.5) is 0 Å². The van der Waals surface area contributed by atoms with E-state index < -0.39 is 0 Å². The fourth-order valence-corrected chi connectivity index (χ4v) is 2.50. The predicted molar refractivity (Wildman–Crippen MR) is 72.5 cm³/mol. The molecule has 18 heavy (non-hydrogen) atoms. The fraction of sp³-hybridized carbons (Fsp3) is 0.750. The number of thioether (sulfide) groups is 1. The van der Waals surface area contributed by atoms with Gasteiger partial charge in [0.15, 0.2) is 5.82 Å². The van der Waals surface area contributed by atoms with Gasteiger partial charge < -0.3 is 9.47 Å². The van der Waals surface area contributed by atoms with Gasteiger partial charge in [-0.3, -0.25) is 4.79 Å². The number of carbonyl (C=O) groups is 1. The van der Waals surface area contributed by atoms with Crippen molar-refractivity contribution in [3.05, 3.63) is 11.6 Å². The van der Waals surface area contributed by atoms with Crippen LogP contribution < -0.4 is 0 Å². The van der Waals surface area contributed by atoms with E-state index in [1.165, 1.54) is 0 Å². The number of fused-ring (bicyclic) bond motifs is 1. The van der Waals surface area contributed by atoms with Crippen molar-refractivity contribution < 1.29 is 4.79 Å². The van der Waals surface area contributed by atoms with Crippen LogP contribution in [0.3, 0.4) is 0 Å². The van der Waals surface area contributed by atoms with Crippen LogP contribution in [-0.2, 0) is 17.9 Å². The predicted octanol–water partition coefficient (Wildman–Crippen LogP) is 1.50. The summed E-state index contributed by atoms with van der Waals surface area (Å²) in [6, 6.07) is 0. The van der Waals surface area contributed by atoms with E-state index in [4.69, 9.17) is 0 Å². The fourth-order valence-electron chi connectivity index (χ4n) is 2.15. The molecule has 100 valence electrons. The van der Waals surface area contributed by atoms with Gasteiger partial charge in [-0.05, 0) is 13.2 Å². The monoisotopic (exact) mass is 268 g/mol. The topological polar surface area (TPSA) is 51.0 Å². The maximum Gasteiger partial charge on any atom is 0.235 e. The number of rotatable bonds is 3. The van der Waals surface area contributed by atoms with Crippen molar-refractivity contribution in [1.29, 1.82) is 0 Å². The third kappa shape index (κ3) is 2.39. The van der Waals surface area contributed by atoms with Gasteiger partial charge in [0, 0.05) is 19.0 Å². The molecule has 0 saturated carbocycles. The van der Waals surface area contributed by atoms with E-state index in [9.17, 15) is 4.79 Å². The molecule has 0 aromatic carbocycles. The first-order valence-corrected chi connectivity index (χ1v) is 7.57. The van der Waals surface area contributed by atoms with Crippen LogP contribution in [0.2, 0.25) is 0 Å². The van der Waals surface area contributed by atoms with E-state index >= 15 is 0 Å². The van der Waals surface area contributed by atoms with Crippen molar-refractivity contribution in [2.45, 2.75) is 45.0 Å². The molecule has 1 aliphatic rings. The van der Waals surface area contributed by atoms with Crippen LogP contribution in [0.5, 0.6) is 0 Å². The van der Waals surface area contributed by atoms with Crippen LogP contribution in [0, 0.1) is 0 Å². The van der Waals surface area contributed by atoms with Gasteiger partial charge in [-0.2, -0.15) is 11.8 Å². The lowest BCUT2D eigenvalue weighted by atomic mass is 10.2. The molecule has 1 unspecified atom stereocenters. The first-order chi connectivity index (χ1) is 8.54. The van der Waals surface area contributed by atoms with E-state index in [1.54, 1.807) is 11.8 Å². The largest absolute Gasteiger partial charge is 0.332 e. The highest BCUT2D eigenvalue weighted by Gasteiger charge is 2.27. The summed E-state index contributed by atoms with van der Waals surface area (Å²) in [6.07, 6.45) is 1.96. The Labute approximate surface area is 112 Å². The summed E-state index contributed by atoms with van der Waals surface area (Å²) in [5.41, 5.74) is 0. The van der Waals surface area contributed by atoms with E-state index in [-0.39, 0.29) is 11.2 Å². The van der Waals surface area contributed by atoms with Crippen molar-refractivity contribution in [3.63, 3.8) is 0 Å². The molecule has 0 spiro atoms. The molecule has 1 aromatic heterocycles. The molecule has 1 aromatic rings. The van der Waals surface area contributed by atoms with Gasteiger partial charge in [0.2, 0.25) is 5.91 Å². The second-order valence-corrected chi connectivity index (χ2v) is 6.10. The number of nitrogens with zero attached hydrogens (tertiary/aromatic N) is 4. The average molecular weight is 268 g/mol. The summed E-state index contributed by atoms with van der Waals surface area (Å²) in [7, 11) is 0. The van der Waals surface area contributed by atoms with Crippen LogP contribution in [0.15, 0.2) is 0 Å². The number of carbonyl (C=O) groups excluding carboxylic acids is 1. The van der Waals surface area contributed by atoms with Crippen molar-refractivity contribution >= 4 is 17.7 Å². The van der Waals surface area contributed by atoms with Crippen molar-refractivity contribution in [2.24, 2.45) is 0 Å². The third-order valence-corrected chi connectivity index (χ3v) is 4.22. The normalized spacial score (nSPS) is 16.8. The Balaban J connectivity index is 2.14. The van der Waals surface area contributed by atoms with Gasteiger partial charge >= 0.3 is 0 Å². The quantitative estimate of drug-likeness (QED) is 0.833. The van der Waals surface area contributed by atoms with Gasteiger partial charge in [-0.25, -0.2) is 0 Å². The molecule has 2 rings (SSSR count). The standard InChI is InChI=1S/C12H20N4OS/c1-8(2)11-14-13-10-7-15(5-6-16(10)11)12(17)9(3)18-4/h8-9H,5-7H2,1-4H3. The van der Waals surface area contributed by atoms with Crippen LogP contribution in [0.25, 0.3) is 0 Å². The molecule has 6 heteroatoms. The third-order valence-electron chi connectivity index (χ3n) is 3.31. The molecule has 0 fully saturated rings. The van der Waals surface area contributed by atoms with Gasteiger partial charge in [0.1, 0.15) is 5.82 Å². The summed E-state index contributed by atoms with van der Waals surface area (Å²) in [4.78, 5) is 14.0. The Bertz CT molecular complexity index is 443. The Kier molecular flexibility index (Phi) is 3.94. The minimum atomic E-state index is 0.0176. The molecule has 0 N–H and O–H groups in total. The second-order valence-electron chi connectivity index (χ2n) is 4.92. The first-order valence-electron chi connectivity index (χ1n) is 6.28. The summed E-state index contributed by atoms with van der Waals surface area (Å²) in [6.45, 7) is 8.34. The maximum absolute atomic E-state index is 12.1. The summed E-state index contributed by atoms with van der Waals surface area (Å²) in [5, 5.41) is 8.45. The molecular weight excluding hydrogens is 248 g/mol. The highest BCUT2D eigenvalue weighted by atomic mass is 32.2. The van der Waals surface area contributed by atoms with Gasteiger partial charge in [0.05, 0.1) is 11.8 Å². The lowest BCUT2D eigenvalue weighted by Gasteiger charge is -2.29. The number of aromatic nitrogens is 3. The summed E-state index contributed by atoms with van der Waals surface area (Å²) >= 11 is 1.58. The Hall–Kier alpha value is -1.04.